The van der Waals surface area contributed by atoms with Gasteiger partial charge in [0.05, 0.1) is 31.4 Å². The number of phenols is 1. The fourth-order valence-corrected chi connectivity index (χ4v) is 2.34. The Labute approximate surface area is 140 Å². The van der Waals surface area contributed by atoms with Gasteiger partial charge in [-0.1, -0.05) is 0 Å². The van der Waals surface area contributed by atoms with Gasteiger partial charge in [0.2, 0.25) is 0 Å². The van der Waals surface area contributed by atoms with E-state index in [1.165, 1.54) is 4.90 Å². The number of nitrogens with zero attached hydrogens (tertiary/aromatic N) is 1. The molecule has 2 rings (SSSR count). The lowest BCUT2D eigenvalue weighted by Gasteiger charge is -2.15. The van der Waals surface area contributed by atoms with Crippen molar-refractivity contribution in [3.63, 3.8) is 0 Å². The molecule has 0 saturated carbocycles. The van der Waals surface area contributed by atoms with Gasteiger partial charge in [0.15, 0.2) is 0 Å². The predicted octanol–water partition coefficient (Wildman–Crippen LogP) is 1.08. The molecule has 7 nitrogen and oxygen atoms in total. The first-order valence-electron chi connectivity index (χ1n) is 7.08. The minimum absolute atomic E-state index is 0.0129. The van der Waals surface area contributed by atoms with Crippen molar-refractivity contribution in [2.75, 3.05) is 32.1 Å². The van der Waals surface area contributed by atoms with Crippen molar-refractivity contribution < 1.29 is 37.7 Å². The number of esters is 1. The van der Waals surface area contributed by atoms with Gasteiger partial charge in [-0.25, -0.2) is 4.79 Å². The largest absolute Gasteiger partial charge is 0.507 e. The van der Waals surface area contributed by atoms with E-state index in [2.05, 4.69) is 10.1 Å². The Hall–Kier alpha value is -2.75. The number of carbonyl (C=O) groups excluding carboxylic acids is 2. The van der Waals surface area contributed by atoms with Crippen molar-refractivity contribution in [3.8, 4) is 5.75 Å². The number of carbonyl (C=O) groups is 2. The van der Waals surface area contributed by atoms with Crippen LogP contribution in [0.25, 0.3) is 0 Å². The normalized spacial score (nSPS) is 14.9. The number of aliphatic hydroxyl groups is 1. The third-order valence-corrected chi connectivity index (χ3v) is 3.53. The Bertz CT molecular complexity index is 730. The van der Waals surface area contributed by atoms with E-state index in [1.807, 2.05) is 0 Å². The number of alkyl halides is 3. The summed E-state index contributed by atoms with van der Waals surface area (Å²) in [5, 5.41) is 21.0. The van der Waals surface area contributed by atoms with Crippen LogP contribution in [0.4, 0.5) is 18.9 Å². The number of hydrogen-bond acceptors (Lipinski definition) is 6. The number of phenolic OH excluding ortho intramolecular Hbond substituents is 1. The van der Waals surface area contributed by atoms with E-state index in [0.29, 0.717) is 6.07 Å². The number of rotatable bonds is 5. The highest BCUT2D eigenvalue weighted by Gasteiger charge is 2.36. The first-order chi connectivity index (χ1) is 11.7. The molecule has 3 N–H and O–H groups in total. The number of hydrogen-bond donors (Lipinski definition) is 3. The highest BCUT2D eigenvalue weighted by molar-refractivity contribution is 6.08. The number of amides is 1. The highest BCUT2D eigenvalue weighted by atomic mass is 19.4. The zero-order valence-electron chi connectivity index (χ0n) is 13.1. The van der Waals surface area contributed by atoms with Crippen LogP contribution in [0.3, 0.4) is 0 Å². The Kier molecular flexibility index (Phi) is 5.21. The van der Waals surface area contributed by atoms with Crippen molar-refractivity contribution in [1.29, 1.82) is 0 Å². The quantitative estimate of drug-likeness (QED) is 0.680. The smallest absolute Gasteiger partial charge is 0.419 e. The number of nitrogens with one attached hydrogen (secondary N) is 1. The topological polar surface area (TPSA) is 99.1 Å². The molecule has 10 heteroatoms. The number of ether oxygens (including phenoxy) is 1. The molecule has 0 atom stereocenters. The van der Waals surface area contributed by atoms with Gasteiger partial charge in [0, 0.05) is 18.3 Å². The molecule has 0 bridgehead atoms. The molecule has 1 aliphatic rings. The standard InChI is InChI=1S/C15H15F3N2O5/c1-25-14(24)9-7-20(4-5-21)13(23)12(9)19-8-2-3-10(11(22)6-8)15(16,17)18/h2-3,6,19,21-22H,4-5,7H2,1H3. The van der Waals surface area contributed by atoms with Gasteiger partial charge in [0.25, 0.3) is 5.91 Å². The maximum absolute atomic E-state index is 12.7. The average Bonchev–Trinajstić information content (AvgIpc) is 2.83. The van der Waals surface area contributed by atoms with Crippen molar-refractivity contribution in [2.45, 2.75) is 6.18 Å². The predicted molar refractivity (Wildman–Crippen MR) is 79.4 cm³/mol. The maximum Gasteiger partial charge on any atom is 0.419 e. The summed E-state index contributed by atoms with van der Waals surface area (Å²) in [6.07, 6.45) is -4.72. The number of aliphatic hydroxyl groups excluding tert-OH is 1. The molecule has 0 aromatic heterocycles. The van der Waals surface area contributed by atoms with E-state index in [1.54, 1.807) is 0 Å². The van der Waals surface area contributed by atoms with Gasteiger partial charge in [0.1, 0.15) is 11.4 Å². The third kappa shape index (κ3) is 3.85. The van der Waals surface area contributed by atoms with Crippen molar-refractivity contribution >= 4 is 17.6 Å². The minimum Gasteiger partial charge on any atom is -0.507 e. The van der Waals surface area contributed by atoms with Crippen LogP contribution in [0.1, 0.15) is 5.56 Å². The van der Waals surface area contributed by atoms with Gasteiger partial charge >= 0.3 is 12.1 Å². The lowest BCUT2D eigenvalue weighted by Crippen LogP contribution is -2.31. The summed E-state index contributed by atoms with van der Waals surface area (Å²) in [5.41, 5.74) is -1.44. The Balaban J connectivity index is 2.34. The zero-order chi connectivity index (χ0) is 18.8. The van der Waals surface area contributed by atoms with Crippen LogP contribution in [-0.2, 0) is 20.5 Å². The molecule has 1 amide bonds. The van der Waals surface area contributed by atoms with Crippen molar-refractivity contribution in [3.05, 3.63) is 35.0 Å². The SMILES string of the molecule is COC(=O)C1=C(Nc2ccc(C(F)(F)F)c(O)c2)C(=O)N(CCO)C1. The molecule has 0 spiro atoms. The number of β-amino-alcohol motifs (C(OH)–C–C–N with tert-alkyl or cyclic N) is 1. The summed E-state index contributed by atoms with van der Waals surface area (Å²) in [5.74, 6) is -2.42. The molecule has 1 aromatic rings. The van der Waals surface area contributed by atoms with Crippen LogP contribution in [-0.4, -0.2) is 53.8 Å². The fraction of sp³-hybridized carbons (Fsp3) is 0.333. The second-order valence-corrected chi connectivity index (χ2v) is 5.15. The molecule has 0 radical (unpaired) electrons. The van der Waals surface area contributed by atoms with Crippen LogP contribution in [0.15, 0.2) is 29.5 Å². The molecule has 136 valence electrons. The Morgan fingerprint density at radius 1 is 1.40 bits per heavy atom. The van der Waals surface area contributed by atoms with E-state index < -0.39 is 29.4 Å². The second-order valence-electron chi connectivity index (χ2n) is 5.15. The summed E-state index contributed by atoms with van der Waals surface area (Å²) in [7, 11) is 1.12. The second kappa shape index (κ2) is 7.01. The molecular weight excluding hydrogens is 345 g/mol. The lowest BCUT2D eigenvalue weighted by atomic mass is 10.1. The van der Waals surface area contributed by atoms with E-state index in [0.717, 1.165) is 19.2 Å². The van der Waals surface area contributed by atoms with Crippen LogP contribution in [0.5, 0.6) is 5.75 Å². The molecular formula is C15H15F3N2O5. The number of halogens is 3. The monoisotopic (exact) mass is 360 g/mol. The zero-order valence-corrected chi connectivity index (χ0v) is 13.1. The molecule has 1 aromatic carbocycles. The molecule has 1 heterocycles. The van der Waals surface area contributed by atoms with Crippen molar-refractivity contribution in [1.82, 2.24) is 4.90 Å². The lowest BCUT2D eigenvalue weighted by molar-refractivity contribution is -0.139. The average molecular weight is 360 g/mol. The van der Waals surface area contributed by atoms with Crippen molar-refractivity contribution in [2.24, 2.45) is 0 Å². The van der Waals surface area contributed by atoms with Gasteiger partial charge < -0.3 is 25.2 Å². The van der Waals surface area contributed by atoms with E-state index in [9.17, 15) is 27.9 Å². The van der Waals surface area contributed by atoms with E-state index in [-0.39, 0.29) is 36.7 Å². The number of benzene rings is 1. The molecule has 0 fully saturated rings. The molecule has 25 heavy (non-hydrogen) atoms. The number of anilines is 1. The third-order valence-electron chi connectivity index (χ3n) is 3.53. The van der Waals surface area contributed by atoms with Crippen LogP contribution in [0, 0.1) is 0 Å². The molecule has 0 saturated heterocycles. The summed E-state index contributed by atoms with van der Waals surface area (Å²) >= 11 is 0. The number of methoxy groups -OCH3 is 1. The van der Waals surface area contributed by atoms with Crippen LogP contribution in [0.2, 0.25) is 0 Å². The highest BCUT2D eigenvalue weighted by Crippen LogP contribution is 2.37. The van der Waals surface area contributed by atoms with Gasteiger partial charge in [-0.3, -0.25) is 4.79 Å². The first-order valence-corrected chi connectivity index (χ1v) is 7.08. The Morgan fingerprint density at radius 2 is 2.08 bits per heavy atom. The molecule has 0 aliphatic carbocycles. The van der Waals surface area contributed by atoms with Gasteiger partial charge in [-0.05, 0) is 12.1 Å². The number of aromatic hydroxyl groups is 1. The van der Waals surface area contributed by atoms with Gasteiger partial charge in [-0.15, -0.1) is 0 Å². The summed E-state index contributed by atoms with van der Waals surface area (Å²) in [4.78, 5) is 25.3. The summed E-state index contributed by atoms with van der Waals surface area (Å²) in [6, 6.07) is 2.47. The Morgan fingerprint density at radius 3 is 2.60 bits per heavy atom. The summed E-state index contributed by atoms with van der Waals surface area (Å²) in [6.45, 7) is -0.460. The van der Waals surface area contributed by atoms with E-state index >= 15 is 0 Å². The van der Waals surface area contributed by atoms with Crippen LogP contribution < -0.4 is 5.32 Å². The molecule has 1 aliphatic heterocycles. The maximum atomic E-state index is 12.7. The summed E-state index contributed by atoms with van der Waals surface area (Å²) < 4.78 is 42.6. The minimum atomic E-state index is -4.72. The fourth-order valence-electron chi connectivity index (χ4n) is 2.34. The van der Waals surface area contributed by atoms with E-state index in [4.69, 9.17) is 5.11 Å². The van der Waals surface area contributed by atoms with Gasteiger partial charge in [-0.2, -0.15) is 13.2 Å². The molecule has 0 unspecified atom stereocenters. The first kappa shape index (κ1) is 18.6. The van der Waals surface area contributed by atoms with Crippen LogP contribution >= 0.6 is 0 Å².